The molecule has 0 aromatic heterocycles. The van der Waals surface area contributed by atoms with Gasteiger partial charge < -0.3 is 16.4 Å². The lowest BCUT2D eigenvalue weighted by Crippen LogP contribution is -2.31. The summed E-state index contributed by atoms with van der Waals surface area (Å²) in [6, 6.07) is 3.58. The van der Waals surface area contributed by atoms with E-state index in [0.29, 0.717) is 11.4 Å². The number of hydrogen-bond donors (Lipinski definition) is 3. The largest absolute Gasteiger partial charge is 0.397 e. The van der Waals surface area contributed by atoms with Crippen LogP contribution in [0.2, 0.25) is 0 Å². The molecule has 0 spiro atoms. The molecule has 4 N–H and O–H groups in total. The van der Waals surface area contributed by atoms with Crippen LogP contribution in [0.15, 0.2) is 16.6 Å². The first-order chi connectivity index (χ1) is 7.90. The van der Waals surface area contributed by atoms with E-state index in [1.807, 2.05) is 13.0 Å². The molecular formula is C11H14BrN3O2. The van der Waals surface area contributed by atoms with Crippen LogP contribution in [0.4, 0.5) is 11.4 Å². The van der Waals surface area contributed by atoms with Crippen LogP contribution in [-0.4, -0.2) is 18.4 Å². The maximum absolute atomic E-state index is 11.5. The second-order valence-corrected chi connectivity index (χ2v) is 4.56. The van der Waals surface area contributed by atoms with Crippen LogP contribution in [0.25, 0.3) is 0 Å². The fourth-order valence-electron chi connectivity index (χ4n) is 1.26. The number of nitrogens with two attached hydrogens (primary N) is 1. The Labute approximate surface area is 108 Å². The molecule has 5 nitrogen and oxygen atoms in total. The third-order valence-electron chi connectivity index (χ3n) is 2.12. The number of hydrogen-bond acceptors (Lipinski definition) is 3. The quantitative estimate of drug-likeness (QED) is 0.738. The van der Waals surface area contributed by atoms with E-state index in [1.165, 1.54) is 6.92 Å². The summed E-state index contributed by atoms with van der Waals surface area (Å²) in [7, 11) is 0. The predicted molar refractivity (Wildman–Crippen MR) is 70.6 cm³/mol. The first kappa shape index (κ1) is 13.5. The zero-order valence-electron chi connectivity index (χ0n) is 9.63. The lowest BCUT2D eigenvalue weighted by molar-refractivity contribution is -0.122. The van der Waals surface area contributed by atoms with Gasteiger partial charge in [0.25, 0.3) is 0 Å². The highest BCUT2D eigenvalue weighted by molar-refractivity contribution is 9.10. The standard InChI is InChI=1S/C11H14BrN3O2/c1-6-3-8(12)4-9(11(6)13)15-10(17)5-14-7(2)16/h3-4H,5,13H2,1-2H3,(H,14,16)(H,15,17). The van der Waals surface area contributed by atoms with Crippen LogP contribution >= 0.6 is 15.9 Å². The molecule has 0 heterocycles. The van der Waals surface area contributed by atoms with Gasteiger partial charge in [0.05, 0.1) is 17.9 Å². The normalized spacial score (nSPS) is 9.82. The summed E-state index contributed by atoms with van der Waals surface area (Å²) in [6.45, 7) is 3.13. The van der Waals surface area contributed by atoms with Crippen molar-refractivity contribution >= 4 is 39.1 Å². The van der Waals surface area contributed by atoms with E-state index < -0.39 is 0 Å². The number of carbonyl (C=O) groups excluding carboxylic acids is 2. The molecule has 17 heavy (non-hydrogen) atoms. The molecule has 1 aromatic rings. The van der Waals surface area contributed by atoms with Crippen molar-refractivity contribution in [1.82, 2.24) is 5.32 Å². The number of aryl methyl sites for hydroxylation is 1. The number of halogens is 1. The average Bonchev–Trinajstić information content (AvgIpc) is 2.22. The number of amides is 2. The minimum Gasteiger partial charge on any atom is -0.397 e. The Morgan fingerprint density at radius 2 is 2.06 bits per heavy atom. The molecule has 0 aliphatic carbocycles. The van der Waals surface area contributed by atoms with Gasteiger partial charge in [0.1, 0.15) is 0 Å². The Hall–Kier alpha value is -1.56. The molecule has 0 aliphatic heterocycles. The summed E-state index contributed by atoms with van der Waals surface area (Å²) in [4.78, 5) is 22.1. The lowest BCUT2D eigenvalue weighted by atomic mass is 10.1. The van der Waals surface area contributed by atoms with Gasteiger partial charge in [-0.3, -0.25) is 9.59 Å². The molecule has 1 rings (SSSR count). The Kier molecular flexibility index (Phi) is 4.51. The van der Waals surface area contributed by atoms with E-state index in [2.05, 4.69) is 26.6 Å². The molecule has 0 saturated carbocycles. The summed E-state index contributed by atoms with van der Waals surface area (Å²) in [5.74, 6) is -0.567. The molecule has 0 fully saturated rings. The van der Waals surface area contributed by atoms with Crippen molar-refractivity contribution < 1.29 is 9.59 Å². The van der Waals surface area contributed by atoms with Crippen molar-refractivity contribution in [3.8, 4) is 0 Å². The van der Waals surface area contributed by atoms with Gasteiger partial charge in [-0.1, -0.05) is 15.9 Å². The van der Waals surface area contributed by atoms with Crippen molar-refractivity contribution in [3.05, 3.63) is 22.2 Å². The van der Waals surface area contributed by atoms with E-state index in [0.717, 1.165) is 10.0 Å². The third-order valence-corrected chi connectivity index (χ3v) is 2.58. The van der Waals surface area contributed by atoms with Crippen LogP contribution in [0.5, 0.6) is 0 Å². The van der Waals surface area contributed by atoms with Crippen LogP contribution in [-0.2, 0) is 9.59 Å². The molecule has 0 aliphatic rings. The molecule has 0 radical (unpaired) electrons. The second kappa shape index (κ2) is 5.67. The summed E-state index contributed by atoms with van der Waals surface area (Å²) < 4.78 is 0.832. The first-order valence-electron chi connectivity index (χ1n) is 5.00. The molecule has 0 unspecified atom stereocenters. The van der Waals surface area contributed by atoms with Gasteiger partial charge in [0, 0.05) is 11.4 Å². The maximum atomic E-state index is 11.5. The van der Waals surface area contributed by atoms with Crippen LogP contribution < -0.4 is 16.4 Å². The maximum Gasteiger partial charge on any atom is 0.243 e. The van der Waals surface area contributed by atoms with Gasteiger partial charge in [-0.25, -0.2) is 0 Å². The molecule has 92 valence electrons. The van der Waals surface area contributed by atoms with Crippen LogP contribution in [0, 0.1) is 6.92 Å². The minimum absolute atomic E-state index is 0.0691. The predicted octanol–water partition coefficient (Wildman–Crippen LogP) is 1.41. The molecular weight excluding hydrogens is 286 g/mol. The minimum atomic E-state index is -0.315. The van der Waals surface area contributed by atoms with E-state index in [1.54, 1.807) is 6.07 Å². The van der Waals surface area contributed by atoms with Crippen LogP contribution in [0.1, 0.15) is 12.5 Å². The zero-order valence-corrected chi connectivity index (χ0v) is 11.2. The number of anilines is 2. The number of carbonyl (C=O) groups is 2. The third kappa shape index (κ3) is 4.07. The fourth-order valence-corrected chi connectivity index (χ4v) is 1.83. The summed E-state index contributed by atoms with van der Waals surface area (Å²) in [6.07, 6.45) is 0. The van der Waals surface area contributed by atoms with Gasteiger partial charge >= 0.3 is 0 Å². The van der Waals surface area contributed by atoms with Crippen molar-refractivity contribution in [2.24, 2.45) is 0 Å². The van der Waals surface area contributed by atoms with E-state index in [4.69, 9.17) is 5.73 Å². The fraction of sp³-hybridized carbons (Fsp3) is 0.273. The lowest BCUT2D eigenvalue weighted by Gasteiger charge is -2.11. The number of nitrogen functional groups attached to an aromatic ring is 1. The Balaban J connectivity index is 2.74. The van der Waals surface area contributed by atoms with Crippen molar-refractivity contribution in [2.45, 2.75) is 13.8 Å². The molecule has 0 saturated heterocycles. The van der Waals surface area contributed by atoms with Gasteiger partial charge in [-0.05, 0) is 24.6 Å². The van der Waals surface area contributed by atoms with Gasteiger partial charge in [0.15, 0.2) is 0 Å². The van der Waals surface area contributed by atoms with Gasteiger partial charge in [0.2, 0.25) is 11.8 Å². The Morgan fingerprint density at radius 1 is 1.41 bits per heavy atom. The Morgan fingerprint density at radius 3 is 2.65 bits per heavy atom. The average molecular weight is 300 g/mol. The SMILES string of the molecule is CC(=O)NCC(=O)Nc1cc(Br)cc(C)c1N. The summed E-state index contributed by atoms with van der Waals surface area (Å²) in [5, 5.41) is 5.05. The molecule has 2 amide bonds. The van der Waals surface area contributed by atoms with E-state index >= 15 is 0 Å². The van der Waals surface area contributed by atoms with Crippen molar-refractivity contribution in [1.29, 1.82) is 0 Å². The smallest absolute Gasteiger partial charge is 0.243 e. The molecule has 1 aromatic carbocycles. The number of nitrogens with one attached hydrogen (secondary N) is 2. The highest BCUT2D eigenvalue weighted by Gasteiger charge is 2.08. The molecule has 0 atom stereocenters. The van der Waals surface area contributed by atoms with Crippen molar-refractivity contribution in [3.63, 3.8) is 0 Å². The number of rotatable bonds is 3. The summed E-state index contributed by atoms with van der Waals surface area (Å²) >= 11 is 3.32. The van der Waals surface area contributed by atoms with Gasteiger partial charge in [-0.15, -0.1) is 0 Å². The van der Waals surface area contributed by atoms with E-state index in [9.17, 15) is 9.59 Å². The van der Waals surface area contributed by atoms with E-state index in [-0.39, 0.29) is 18.4 Å². The van der Waals surface area contributed by atoms with Crippen molar-refractivity contribution in [2.75, 3.05) is 17.6 Å². The highest BCUT2D eigenvalue weighted by atomic mass is 79.9. The molecule has 0 bridgehead atoms. The monoisotopic (exact) mass is 299 g/mol. The molecule has 6 heteroatoms. The highest BCUT2D eigenvalue weighted by Crippen LogP contribution is 2.27. The second-order valence-electron chi connectivity index (χ2n) is 3.64. The number of benzene rings is 1. The topological polar surface area (TPSA) is 84.2 Å². The zero-order chi connectivity index (χ0) is 13.0. The summed E-state index contributed by atoms with van der Waals surface area (Å²) in [5.41, 5.74) is 7.75. The first-order valence-corrected chi connectivity index (χ1v) is 5.79. The van der Waals surface area contributed by atoms with Gasteiger partial charge in [-0.2, -0.15) is 0 Å². The Bertz CT molecular complexity index is 460. The van der Waals surface area contributed by atoms with Crippen LogP contribution in [0.3, 0.4) is 0 Å².